The van der Waals surface area contributed by atoms with Crippen molar-refractivity contribution in [3.8, 4) is 0 Å². The van der Waals surface area contributed by atoms with Crippen LogP contribution in [-0.4, -0.2) is 36.2 Å². The lowest BCUT2D eigenvalue weighted by Gasteiger charge is -2.40. The standard InChI is InChI=1S/C14H22N2O/c1-16(13-8-5-9-13)10-14(15,11-17)12-6-3-2-4-7-12/h2-4,6-7,13,17H,5,8-11,15H2,1H3. The maximum Gasteiger partial charge on any atom is 0.0772 e. The number of benzene rings is 1. The molecule has 1 unspecified atom stereocenters. The first-order valence-electron chi connectivity index (χ1n) is 6.31. The summed E-state index contributed by atoms with van der Waals surface area (Å²) in [7, 11) is 2.10. The van der Waals surface area contributed by atoms with Crippen molar-refractivity contribution in [1.82, 2.24) is 4.90 Å². The summed E-state index contributed by atoms with van der Waals surface area (Å²) < 4.78 is 0. The number of nitrogens with zero attached hydrogens (tertiary/aromatic N) is 1. The molecule has 0 amide bonds. The van der Waals surface area contributed by atoms with E-state index >= 15 is 0 Å². The number of rotatable bonds is 5. The van der Waals surface area contributed by atoms with Crippen LogP contribution in [0.2, 0.25) is 0 Å². The highest BCUT2D eigenvalue weighted by atomic mass is 16.3. The van der Waals surface area contributed by atoms with Gasteiger partial charge in [0.2, 0.25) is 0 Å². The van der Waals surface area contributed by atoms with E-state index in [0.29, 0.717) is 12.6 Å². The average Bonchev–Trinajstić information content (AvgIpc) is 2.27. The van der Waals surface area contributed by atoms with Gasteiger partial charge in [-0.3, -0.25) is 0 Å². The highest BCUT2D eigenvalue weighted by molar-refractivity contribution is 5.24. The molecule has 0 saturated heterocycles. The van der Waals surface area contributed by atoms with E-state index in [1.807, 2.05) is 30.3 Å². The van der Waals surface area contributed by atoms with Crippen molar-refractivity contribution in [2.45, 2.75) is 30.8 Å². The summed E-state index contributed by atoms with van der Waals surface area (Å²) >= 11 is 0. The third kappa shape index (κ3) is 2.68. The third-order valence-electron chi connectivity index (χ3n) is 3.86. The molecule has 0 spiro atoms. The van der Waals surface area contributed by atoms with Gasteiger partial charge in [0.05, 0.1) is 12.1 Å². The smallest absolute Gasteiger partial charge is 0.0772 e. The predicted octanol–water partition coefficient (Wildman–Crippen LogP) is 1.32. The Balaban J connectivity index is 2.08. The van der Waals surface area contributed by atoms with Crippen LogP contribution in [0.1, 0.15) is 24.8 Å². The van der Waals surface area contributed by atoms with E-state index < -0.39 is 5.54 Å². The molecule has 3 heteroatoms. The second-order valence-corrected chi connectivity index (χ2v) is 5.18. The summed E-state index contributed by atoms with van der Waals surface area (Å²) in [6.45, 7) is 0.687. The van der Waals surface area contributed by atoms with Gasteiger partial charge in [0.15, 0.2) is 0 Å². The van der Waals surface area contributed by atoms with Crippen LogP contribution in [0.3, 0.4) is 0 Å². The van der Waals surface area contributed by atoms with Crippen molar-refractivity contribution in [3.63, 3.8) is 0 Å². The van der Waals surface area contributed by atoms with Gasteiger partial charge in [0, 0.05) is 12.6 Å². The summed E-state index contributed by atoms with van der Waals surface area (Å²) in [5.41, 5.74) is 6.71. The Hall–Kier alpha value is -0.900. The molecular formula is C14H22N2O. The monoisotopic (exact) mass is 234 g/mol. The van der Waals surface area contributed by atoms with Gasteiger partial charge in [-0.15, -0.1) is 0 Å². The van der Waals surface area contributed by atoms with Gasteiger partial charge in [0.1, 0.15) is 0 Å². The zero-order chi connectivity index (χ0) is 12.3. The lowest BCUT2D eigenvalue weighted by Crippen LogP contribution is -2.53. The van der Waals surface area contributed by atoms with Gasteiger partial charge in [-0.1, -0.05) is 36.8 Å². The molecule has 0 bridgehead atoms. The third-order valence-corrected chi connectivity index (χ3v) is 3.86. The summed E-state index contributed by atoms with van der Waals surface area (Å²) in [6.07, 6.45) is 3.83. The number of aliphatic hydroxyl groups excluding tert-OH is 1. The minimum Gasteiger partial charge on any atom is -0.394 e. The van der Waals surface area contributed by atoms with Crippen LogP contribution in [0.15, 0.2) is 30.3 Å². The minimum absolute atomic E-state index is 0.0198. The lowest BCUT2D eigenvalue weighted by atomic mass is 9.87. The largest absolute Gasteiger partial charge is 0.394 e. The number of aliphatic hydroxyl groups is 1. The molecule has 0 heterocycles. The molecule has 1 aromatic rings. The second-order valence-electron chi connectivity index (χ2n) is 5.18. The molecule has 1 aliphatic carbocycles. The number of nitrogens with two attached hydrogens (primary N) is 1. The van der Waals surface area contributed by atoms with E-state index in [0.717, 1.165) is 5.56 Å². The van der Waals surface area contributed by atoms with Crippen molar-refractivity contribution >= 4 is 0 Å². The first-order chi connectivity index (χ1) is 8.15. The molecule has 3 N–H and O–H groups in total. The quantitative estimate of drug-likeness (QED) is 0.808. The van der Waals surface area contributed by atoms with Crippen molar-refractivity contribution < 1.29 is 5.11 Å². The van der Waals surface area contributed by atoms with Crippen molar-refractivity contribution in [1.29, 1.82) is 0 Å². The summed E-state index contributed by atoms with van der Waals surface area (Å²) in [5.74, 6) is 0. The van der Waals surface area contributed by atoms with Crippen LogP contribution in [0, 0.1) is 0 Å². The number of likely N-dealkylation sites (N-methyl/N-ethyl adjacent to an activating group) is 1. The fraction of sp³-hybridized carbons (Fsp3) is 0.571. The Morgan fingerprint density at radius 1 is 1.35 bits per heavy atom. The topological polar surface area (TPSA) is 49.5 Å². The van der Waals surface area contributed by atoms with Crippen molar-refractivity contribution in [3.05, 3.63) is 35.9 Å². The van der Waals surface area contributed by atoms with E-state index in [-0.39, 0.29) is 6.61 Å². The molecule has 1 aromatic carbocycles. The minimum atomic E-state index is -0.647. The van der Waals surface area contributed by atoms with Crippen molar-refractivity contribution in [2.75, 3.05) is 20.2 Å². The predicted molar refractivity (Wildman–Crippen MR) is 69.7 cm³/mol. The molecule has 1 saturated carbocycles. The second kappa shape index (κ2) is 5.17. The van der Waals surface area contributed by atoms with Crippen LogP contribution < -0.4 is 5.73 Å². The Labute approximate surface area is 103 Å². The van der Waals surface area contributed by atoms with Gasteiger partial charge >= 0.3 is 0 Å². The molecule has 3 nitrogen and oxygen atoms in total. The molecular weight excluding hydrogens is 212 g/mol. The van der Waals surface area contributed by atoms with E-state index in [9.17, 15) is 5.11 Å². The maximum atomic E-state index is 9.61. The molecule has 0 aliphatic heterocycles. The normalized spacial score (nSPS) is 20.0. The molecule has 1 atom stereocenters. The molecule has 2 rings (SSSR count). The highest BCUT2D eigenvalue weighted by Gasteiger charge is 2.32. The average molecular weight is 234 g/mol. The Morgan fingerprint density at radius 3 is 2.47 bits per heavy atom. The maximum absolute atomic E-state index is 9.61. The molecule has 0 aromatic heterocycles. The highest BCUT2D eigenvalue weighted by Crippen LogP contribution is 2.27. The van der Waals surface area contributed by atoms with Gasteiger partial charge in [-0.05, 0) is 25.5 Å². The van der Waals surface area contributed by atoms with Crippen LogP contribution in [0.25, 0.3) is 0 Å². The van der Waals surface area contributed by atoms with Gasteiger partial charge in [-0.2, -0.15) is 0 Å². The number of hydrogen-bond donors (Lipinski definition) is 2. The SMILES string of the molecule is CN(CC(N)(CO)c1ccccc1)C1CCC1. The molecule has 0 radical (unpaired) electrons. The van der Waals surface area contributed by atoms with Crippen LogP contribution >= 0.6 is 0 Å². The molecule has 94 valence electrons. The zero-order valence-corrected chi connectivity index (χ0v) is 10.5. The Bertz CT molecular complexity index is 350. The first-order valence-corrected chi connectivity index (χ1v) is 6.31. The lowest BCUT2D eigenvalue weighted by molar-refractivity contribution is 0.0945. The van der Waals surface area contributed by atoms with Crippen LogP contribution in [0.4, 0.5) is 0 Å². The van der Waals surface area contributed by atoms with Crippen LogP contribution in [0.5, 0.6) is 0 Å². The van der Waals surface area contributed by atoms with E-state index in [1.54, 1.807) is 0 Å². The Morgan fingerprint density at radius 2 is 2.00 bits per heavy atom. The Kier molecular flexibility index (Phi) is 3.82. The fourth-order valence-electron chi connectivity index (χ4n) is 2.40. The summed E-state index contributed by atoms with van der Waals surface area (Å²) in [5, 5.41) is 9.61. The van der Waals surface area contributed by atoms with E-state index in [4.69, 9.17) is 5.73 Å². The fourth-order valence-corrected chi connectivity index (χ4v) is 2.40. The zero-order valence-electron chi connectivity index (χ0n) is 10.5. The molecule has 1 fully saturated rings. The van der Waals surface area contributed by atoms with Gasteiger partial charge in [-0.25, -0.2) is 0 Å². The van der Waals surface area contributed by atoms with E-state index in [1.165, 1.54) is 19.3 Å². The first kappa shape index (κ1) is 12.6. The van der Waals surface area contributed by atoms with Gasteiger partial charge < -0.3 is 15.7 Å². The van der Waals surface area contributed by atoms with E-state index in [2.05, 4.69) is 11.9 Å². The van der Waals surface area contributed by atoms with Crippen LogP contribution in [-0.2, 0) is 5.54 Å². The number of hydrogen-bond acceptors (Lipinski definition) is 3. The molecule has 17 heavy (non-hydrogen) atoms. The molecule has 1 aliphatic rings. The van der Waals surface area contributed by atoms with Gasteiger partial charge in [0.25, 0.3) is 0 Å². The summed E-state index contributed by atoms with van der Waals surface area (Å²) in [6, 6.07) is 10.5. The summed E-state index contributed by atoms with van der Waals surface area (Å²) in [4.78, 5) is 2.28. The van der Waals surface area contributed by atoms with Crippen molar-refractivity contribution in [2.24, 2.45) is 5.73 Å².